The van der Waals surface area contributed by atoms with E-state index in [0.29, 0.717) is 28.1 Å². The molecule has 0 atom stereocenters. The Balaban J connectivity index is 2.16. The van der Waals surface area contributed by atoms with Gasteiger partial charge >= 0.3 is 0 Å². The Morgan fingerprint density at radius 3 is 2.60 bits per heavy atom. The summed E-state index contributed by atoms with van der Waals surface area (Å²) in [7, 11) is 1.57. The number of amides is 1. The molecular weight excluding hydrogens is 366 g/mol. The molecule has 1 amide bonds. The number of halogens is 2. The van der Waals surface area contributed by atoms with Gasteiger partial charge in [0.2, 0.25) is 5.91 Å². The maximum atomic E-state index is 11.9. The second-order valence-corrected chi connectivity index (χ2v) is 8.47. The van der Waals surface area contributed by atoms with E-state index in [1.165, 1.54) is 12.5 Å². The number of hydrogen-bond donors (Lipinski definition) is 1. The van der Waals surface area contributed by atoms with Gasteiger partial charge in [-0.05, 0) is 59.3 Å². The van der Waals surface area contributed by atoms with Crippen LogP contribution in [0.4, 0.5) is 5.69 Å². The van der Waals surface area contributed by atoms with Crippen molar-refractivity contribution >= 4 is 47.3 Å². The smallest absolute Gasteiger partial charge is 0.261 e. The topological polar surface area (TPSA) is 63.2 Å². The van der Waals surface area contributed by atoms with Crippen LogP contribution in [0.3, 0.4) is 0 Å². The van der Waals surface area contributed by atoms with Crippen molar-refractivity contribution in [1.29, 1.82) is 0 Å². The van der Waals surface area contributed by atoms with Crippen molar-refractivity contribution in [3.63, 3.8) is 0 Å². The fraction of sp³-hybridized carbons (Fsp3) is 0.462. The molecule has 0 aromatic heterocycles. The molecule has 2 rings (SSSR count). The first-order valence-corrected chi connectivity index (χ1v) is 9.42. The van der Waals surface area contributed by atoms with E-state index in [2.05, 4.69) is 21.2 Å². The standard InChI is InChI=1S/C13H15BrClNO3S/c1-8-5-11(10(14)7-12(8)20(15,18)19)16-13(17)6-9-3-2-4-9/h5,7,9H,2-4,6H2,1H3,(H,16,17). The van der Waals surface area contributed by atoms with E-state index in [1.54, 1.807) is 13.0 Å². The normalized spacial score (nSPS) is 15.8. The Bertz CT molecular complexity index is 641. The van der Waals surface area contributed by atoms with E-state index in [9.17, 15) is 13.2 Å². The fourth-order valence-electron chi connectivity index (χ4n) is 2.18. The number of nitrogens with one attached hydrogen (secondary N) is 1. The van der Waals surface area contributed by atoms with Gasteiger partial charge in [0.1, 0.15) is 0 Å². The lowest BCUT2D eigenvalue weighted by Crippen LogP contribution is -2.21. The predicted octanol–water partition coefficient (Wildman–Crippen LogP) is 3.81. The average Bonchev–Trinajstić information content (AvgIpc) is 2.26. The molecule has 20 heavy (non-hydrogen) atoms. The van der Waals surface area contributed by atoms with Crippen molar-refractivity contribution in [2.75, 3.05) is 5.32 Å². The van der Waals surface area contributed by atoms with Gasteiger partial charge in [-0.25, -0.2) is 8.42 Å². The molecule has 0 heterocycles. The summed E-state index contributed by atoms with van der Waals surface area (Å²) in [6.07, 6.45) is 3.93. The molecule has 0 radical (unpaired) electrons. The van der Waals surface area contributed by atoms with Gasteiger partial charge in [0.25, 0.3) is 9.05 Å². The molecular formula is C13H15BrClNO3S. The first-order valence-electron chi connectivity index (χ1n) is 6.32. The monoisotopic (exact) mass is 379 g/mol. The minimum absolute atomic E-state index is 0.0445. The summed E-state index contributed by atoms with van der Waals surface area (Å²) in [6, 6.07) is 3.02. The van der Waals surface area contributed by atoms with E-state index in [1.807, 2.05) is 0 Å². The Morgan fingerprint density at radius 1 is 1.45 bits per heavy atom. The van der Waals surface area contributed by atoms with Crippen LogP contribution in [0.15, 0.2) is 21.5 Å². The summed E-state index contributed by atoms with van der Waals surface area (Å²) in [4.78, 5) is 11.9. The first-order chi connectivity index (χ1) is 9.27. The molecule has 1 aliphatic rings. The molecule has 4 nitrogen and oxygen atoms in total. The maximum Gasteiger partial charge on any atom is 0.261 e. The lowest BCUT2D eigenvalue weighted by molar-refractivity contribution is -0.117. The summed E-state index contributed by atoms with van der Waals surface area (Å²) < 4.78 is 23.3. The van der Waals surface area contributed by atoms with Crippen LogP contribution >= 0.6 is 26.6 Å². The lowest BCUT2D eigenvalue weighted by atomic mass is 9.83. The molecule has 1 aromatic rings. The number of carbonyl (C=O) groups excluding carboxylic acids is 1. The quantitative estimate of drug-likeness (QED) is 0.808. The van der Waals surface area contributed by atoms with Gasteiger partial charge in [-0.15, -0.1) is 0 Å². The molecule has 1 aliphatic carbocycles. The Labute approximate surface area is 131 Å². The number of rotatable bonds is 4. The summed E-state index contributed by atoms with van der Waals surface area (Å²) in [5.41, 5.74) is 1.07. The van der Waals surface area contributed by atoms with Crippen molar-refractivity contribution in [3.8, 4) is 0 Å². The number of carbonyl (C=O) groups is 1. The molecule has 0 bridgehead atoms. The van der Waals surface area contributed by atoms with E-state index < -0.39 is 9.05 Å². The predicted molar refractivity (Wildman–Crippen MR) is 82.5 cm³/mol. The van der Waals surface area contributed by atoms with E-state index >= 15 is 0 Å². The molecule has 0 spiro atoms. The Hall–Kier alpha value is -0.590. The van der Waals surface area contributed by atoms with Crippen molar-refractivity contribution in [2.45, 2.75) is 37.5 Å². The molecule has 110 valence electrons. The van der Waals surface area contributed by atoms with Crippen molar-refractivity contribution in [2.24, 2.45) is 5.92 Å². The Kier molecular flexibility index (Phi) is 4.76. The van der Waals surface area contributed by atoms with Crippen LogP contribution in [-0.2, 0) is 13.8 Å². The number of aryl methyl sites for hydroxylation is 1. The number of benzene rings is 1. The van der Waals surface area contributed by atoms with Crippen LogP contribution in [-0.4, -0.2) is 14.3 Å². The highest BCUT2D eigenvalue weighted by molar-refractivity contribution is 9.10. The number of anilines is 1. The van der Waals surface area contributed by atoms with Crippen LogP contribution < -0.4 is 5.32 Å². The molecule has 1 fully saturated rings. The first kappa shape index (κ1) is 15.8. The minimum atomic E-state index is -3.79. The summed E-state index contributed by atoms with van der Waals surface area (Å²) in [5, 5.41) is 2.81. The zero-order valence-electron chi connectivity index (χ0n) is 10.9. The molecule has 1 aromatic carbocycles. The third-order valence-corrected chi connectivity index (χ3v) is 5.62. The van der Waals surface area contributed by atoms with E-state index in [4.69, 9.17) is 10.7 Å². The molecule has 0 aliphatic heterocycles. The van der Waals surface area contributed by atoms with Gasteiger partial charge in [0.15, 0.2) is 0 Å². The molecule has 1 saturated carbocycles. The second-order valence-electron chi connectivity index (χ2n) is 5.08. The van der Waals surface area contributed by atoms with Crippen LogP contribution in [0.25, 0.3) is 0 Å². The van der Waals surface area contributed by atoms with Gasteiger partial charge < -0.3 is 5.32 Å². The highest BCUT2D eigenvalue weighted by Crippen LogP contribution is 2.32. The number of hydrogen-bond acceptors (Lipinski definition) is 3. The van der Waals surface area contributed by atoms with Crippen LogP contribution in [0.1, 0.15) is 31.2 Å². The van der Waals surface area contributed by atoms with Crippen LogP contribution in [0.2, 0.25) is 0 Å². The Morgan fingerprint density at radius 2 is 2.10 bits per heavy atom. The molecule has 0 saturated heterocycles. The van der Waals surface area contributed by atoms with E-state index in [0.717, 1.165) is 12.8 Å². The van der Waals surface area contributed by atoms with Crippen molar-refractivity contribution < 1.29 is 13.2 Å². The third-order valence-electron chi connectivity index (χ3n) is 3.50. The summed E-state index contributed by atoms with van der Waals surface area (Å²) >= 11 is 3.26. The zero-order valence-corrected chi connectivity index (χ0v) is 14.1. The zero-order chi connectivity index (χ0) is 14.9. The summed E-state index contributed by atoms with van der Waals surface area (Å²) in [5.74, 6) is 0.439. The van der Waals surface area contributed by atoms with Gasteiger partial charge in [0.05, 0.1) is 10.6 Å². The van der Waals surface area contributed by atoms with Crippen molar-refractivity contribution in [3.05, 3.63) is 22.2 Å². The van der Waals surface area contributed by atoms with Crippen LogP contribution in [0.5, 0.6) is 0 Å². The van der Waals surface area contributed by atoms with E-state index in [-0.39, 0.29) is 10.8 Å². The van der Waals surface area contributed by atoms with Crippen molar-refractivity contribution in [1.82, 2.24) is 0 Å². The van der Waals surface area contributed by atoms with Crippen LogP contribution in [0, 0.1) is 12.8 Å². The largest absolute Gasteiger partial charge is 0.325 e. The SMILES string of the molecule is Cc1cc(NC(=O)CC2CCC2)c(Br)cc1S(=O)(=O)Cl. The fourth-order valence-corrected chi connectivity index (χ4v) is 3.98. The second kappa shape index (κ2) is 6.03. The van der Waals surface area contributed by atoms with Gasteiger partial charge in [-0.1, -0.05) is 6.42 Å². The van der Waals surface area contributed by atoms with Gasteiger partial charge in [-0.2, -0.15) is 0 Å². The van der Waals surface area contributed by atoms with Gasteiger partial charge in [-0.3, -0.25) is 4.79 Å². The maximum absolute atomic E-state index is 11.9. The highest BCUT2D eigenvalue weighted by atomic mass is 79.9. The summed E-state index contributed by atoms with van der Waals surface area (Å²) in [6.45, 7) is 1.64. The average molecular weight is 381 g/mol. The lowest BCUT2D eigenvalue weighted by Gasteiger charge is -2.24. The molecule has 1 N–H and O–H groups in total. The molecule has 7 heteroatoms. The third kappa shape index (κ3) is 3.74. The highest BCUT2D eigenvalue weighted by Gasteiger charge is 2.22. The van der Waals surface area contributed by atoms with Gasteiger partial charge in [0, 0.05) is 21.6 Å². The molecule has 0 unspecified atom stereocenters. The minimum Gasteiger partial charge on any atom is -0.325 e.